The summed E-state index contributed by atoms with van der Waals surface area (Å²) in [5.74, 6) is -0.714. The zero-order valence-electron chi connectivity index (χ0n) is 9.00. The second-order valence-corrected chi connectivity index (χ2v) is 3.72. The Bertz CT molecular complexity index is 339. The van der Waals surface area contributed by atoms with Gasteiger partial charge in [0.15, 0.2) is 0 Å². The van der Waals surface area contributed by atoms with E-state index >= 15 is 0 Å². The Balaban J connectivity index is 2.62. The number of carboxylic acid groups (broad SMARTS) is 1. The molecule has 0 unspecified atom stereocenters. The molecule has 0 atom stereocenters. The zero-order chi connectivity index (χ0) is 10.7. The predicted octanol–water partition coefficient (Wildman–Crippen LogP) is 2.05. The molecular formula is C11H17NO2. The molecule has 0 bridgehead atoms. The molecule has 0 saturated carbocycles. The minimum atomic E-state index is -0.714. The largest absolute Gasteiger partial charge is 0.481 e. The third-order valence-corrected chi connectivity index (χ3v) is 2.62. The van der Waals surface area contributed by atoms with E-state index in [4.69, 9.17) is 5.11 Å². The SMILES string of the molecule is Cc1cc(C)n(C)c1CCCC(=O)O. The van der Waals surface area contributed by atoms with E-state index in [1.807, 2.05) is 7.05 Å². The molecule has 3 nitrogen and oxygen atoms in total. The molecule has 0 radical (unpaired) electrons. The van der Waals surface area contributed by atoms with Crippen molar-refractivity contribution >= 4 is 5.97 Å². The van der Waals surface area contributed by atoms with E-state index in [-0.39, 0.29) is 6.42 Å². The minimum absolute atomic E-state index is 0.254. The number of aryl methyl sites for hydroxylation is 2. The van der Waals surface area contributed by atoms with E-state index in [0.717, 1.165) is 6.42 Å². The molecule has 1 heterocycles. The smallest absolute Gasteiger partial charge is 0.303 e. The molecule has 0 saturated heterocycles. The highest BCUT2D eigenvalue weighted by Gasteiger charge is 2.07. The number of carboxylic acids is 1. The lowest BCUT2D eigenvalue weighted by Crippen LogP contribution is -2.02. The molecule has 14 heavy (non-hydrogen) atoms. The number of aliphatic carboxylic acids is 1. The molecule has 0 aromatic carbocycles. The maximum atomic E-state index is 10.4. The van der Waals surface area contributed by atoms with Crippen LogP contribution < -0.4 is 0 Å². The van der Waals surface area contributed by atoms with Crippen LogP contribution in [0.3, 0.4) is 0 Å². The summed E-state index contributed by atoms with van der Waals surface area (Å²) in [5, 5.41) is 8.53. The Labute approximate surface area is 84.4 Å². The van der Waals surface area contributed by atoms with E-state index < -0.39 is 5.97 Å². The number of rotatable bonds is 4. The molecule has 0 aliphatic carbocycles. The Morgan fingerprint density at radius 3 is 2.57 bits per heavy atom. The van der Waals surface area contributed by atoms with Crippen LogP contribution in [0.5, 0.6) is 0 Å². The van der Waals surface area contributed by atoms with Gasteiger partial charge in [-0.3, -0.25) is 4.79 Å². The normalized spacial score (nSPS) is 10.5. The summed E-state index contributed by atoms with van der Waals surface area (Å²) in [4.78, 5) is 10.4. The van der Waals surface area contributed by atoms with Gasteiger partial charge in [0.05, 0.1) is 0 Å². The summed E-state index contributed by atoms with van der Waals surface area (Å²) < 4.78 is 2.14. The predicted molar refractivity (Wildman–Crippen MR) is 55.5 cm³/mol. The highest BCUT2D eigenvalue weighted by molar-refractivity contribution is 5.66. The second kappa shape index (κ2) is 4.31. The van der Waals surface area contributed by atoms with E-state index in [0.29, 0.717) is 6.42 Å². The quantitative estimate of drug-likeness (QED) is 0.799. The third kappa shape index (κ3) is 2.37. The number of aromatic nitrogens is 1. The molecule has 0 fully saturated rings. The average Bonchev–Trinajstić information content (AvgIpc) is 2.31. The fraction of sp³-hybridized carbons (Fsp3) is 0.545. The number of nitrogens with zero attached hydrogens (tertiary/aromatic N) is 1. The van der Waals surface area contributed by atoms with Gasteiger partial charge in [-0.2, -0.15) is 0 Å². The summed E-state index contributed by atoms with van der Waals surface area (Å²) in [6, 6.07) is 2.14. The van der Waals surface area contributed by atoms with Gasteiger partial charge in [-0.25, -0.2) is 0 Å². The highest BCUT2D eigenvalue weighted by Crippen LogP contribution is 2.15. The van der Waals surface area contributed by atoms with Gasteiger partial charge in [-0.05, 0) is 38.3 Å². The van der Waals surface area contributed by atoms with E-state index in [2.05, 4.69) is 24.5 Å². The highest BCUT2D eigenvalue weighted by atomic mass is 16.4. The van der Waals surface area contributed by atoms with Crippen molar-refractivity contribution in [2.45, 2.75) is 33.1 Å². The van der Waals surface area contributed by atoms with Crippen molar-refractivity contribution in [3.8, 4) is 0 Å². The Morgan fingerprint density at radius 2 is 2.14 bits per heavy atom. The van der Waals surface area contributed by atoms with Crippen LogP contribution in [0.15, 0.2) is 6.07 Å². The van der Waals surface area contributed by atoms with E-state index in [1.54, 1.807) is 0 Å². The maximum absolute atomic E-state index is 10.4. The lowest BCUT2D eigenvalue weighted by molar-refractivity contribution is -0.137. The van der Waals surface area contributed by atoms with Crippen LogP contribution in [-0.4, -0.2) is 15.6 Å². The molecule has 1 aromatic rings. The fourth-order valence-corrected chi connectivity index (χ4v) is 1.74. The van der Waals surface area contributed by atoms with Crippen molar-refractivity contribution in [3.63, 3.8) is 0 Å². The zero-order valence-corrected chi connectivity index (χ0v) is 9.00. The van der Waals surface area contributed by atoms with Crippen molar-refractivity contribution in [2.24, 2.45) is 7.05 Å². The molecule has 1 aromatic heterocycles. The van der Waals surface area contributed by atoms with Crippen molar-refractivity contribution in [3.05, 3.63) is 23.0 Å². The summed E-state index contributed by atoms with van der Waals surface area (Å²) in [5.41, 5.74) is 3.74. The average molecular weight is 195 g/mol. The lowest BCUT2D eigenvalue weighted by atomic mass is 10.1. The Morgan fingerprint density at radius 1 is 1.50 bits per heavy atom. The van der Waals surface area contributed by atoms with Crippen molar-refractivity contribution in [1.82, 2.24) is 4.57 Å². The van der Waals surface area contributed by atoms with Gasteiger partial charge in [0.2, 0.25) is 0 Å². The molecule has 0 spiro atoms. The number of hydrogen-bond acceptors (Lipinski definition) is 1. The van der Waals surface area contributed by atoms with Crippen LogP contribution in [0, 0.1) is 13.8 Å². The molecule has 0 aliphatic heterocycles. The summed E-state index contributed by atoms with van der Waals surface area (Å²) in [6.07, 6.45) is 1.82. The summed E-state index contributed by atoms with van der Waals surface area (Å²) in [7, 11) is 2.03. The maximum Gasteiger partial charge on any atom is 0.303 e. The van der Waals surface area contributed by atoms with Gasteiger partial charge < -0.3 is 9.67 Å². The van der Waals surface area contributed by atoms with Crippen LogP contribution in [0.2, 0.25) is 0 Å². The molecule has 0 aliphatic rings. The summed E-state index contributed by atoms with van der Waals surface area (Å²) >= 11 is 0. The monoisotopic (exact) mass is 195 g/mol. The molecule has 1 rings (SSSR count). The van der Waals surface area contributed by atoms with Gasteiger partial charge in [0.25, 0.3) is 0 Å². The summed E-state index contributed by atoms with van der Waals surface area (Å²) in [6.45, 7) is 4.14. The number of carbonyl (C=O) groups is 1. The van der Waals surface area contributed by atoms with Crippen LogP contribution >= 0.6 is 0 Å². The first-order valence-electron chi connectivity index (χ1n) is 4.86. The second-order valence-electron chi connectivity index (χ2n) is 3.72. The van der Waals surface area contributed by atoms with Crippen LogP contribution in [0.4, 0.5) is 0 Å². The van der Waals surface area contributed by atoms with Crippen LogP contribution in [0.1, 0.15) is 29.8 Å². The van der Waals surface area contributed by atoms with Gasteiger partial charge in [-0.15, -0.1) is 0 Å². The Kier molecular flexibility index (Phi) is 3.33. The van der Waals surface area contributed by atoms with E-state index in [1.165, 1.54) is 17.0 Å². The molecule has 1 N–H and O–H groups in total. The van der Waals surface area contributed by atoms with Crippen molar-refractivity contribution in [1.29, 1.82) is 0 Å². The van der Waals surface area contributed by atoms with Crippen LogP contribution in [0.25, 0.3) is 0 Å². The third-order valence-electron chi connectivity index (χ3n) is 2.62. The molecule has 0 amide bonds. The molecule has 3 heteroatoms. The number of hydrogen-bond donors (Lipinski definition) is 1. The topological polar surface area (TPSA) is 42.2 Å². The standard InChI is InChI=1S/C11H17NO2/c1-8-7-9(2)12(3)10(8)5-4-6-11(13)14/h7H,4-6H2,1-3H3,(H,13,14). The van der Waals surface area contributed by atoms with E-state index in [9.17, 15) is 4.79 Å². The first-order valence-corrected chi connectivity index (χ1v) is 4.86. The van der Waals surface area contributed by atoms with Gasteiger partial charge in [0, 0.05) is 24.9 Å². The van der Waals surface area contributed by atoms with Gasteiger partial charge in [0.1, 0.15) is 0 Å². The van der Waals surface area contributed by atoms with Crippen molar-refractivity contribution in [2.75, 3.05) is 0 Å². The Hall–Kier alpha value is -1.25. The van der Waals surface area contributed by atoms with Crippen molar-refractivity contribution < 1.29 is 9.90 Å². The first kappa shape index (κ1) is 10.8. The molecular weight excluding hydrogens is 178 g/mol. The fourth-order valence-electron chi connectivity index (χ4n) is 1.74. The van der Waals surface area contributed by atoms with Gasteiger partial charge in [-0.1, -0.05) is 0 Å². The lowest BCUT2D eigenvalue weighted by Gasteiger charge is -2.05. The van der Waals surface area contributed by atoms with Gasteiger partial charge >= 0.3 is 5.97 Å². The minimum Gasteiger partial charge on any atom is -0.481 e. The van der Waals surface area contributed by atoms with Crippen LogP contribution in [-0.2, 0) is 18.3 Å². The first-order chi connectivity index (χ1) is 6.52. The molecule has 78 valence electrons.